The number of nitrogens with one attached hydrogen (secondary N) is 1. The summed E-state index contributed by atoms with van der Waals surface area (Å²) in [5, 5.41) is 4.43. The molecule has 0 aromatic heterocycles. The Morgan fingerprint density at radius 1 is 1.50 bits per heavy atom. The maximum atomic E-state index is 6.16. The fourth-order valence-electron chi connectivity index (χ4n) is 2.16. The van der Waals surface area contributed by atoms with Gasteiger partial charge in [-0.25, -0.2) is 0 Å². The smallest absolute Gasteiger partial charge is 0.139 e. The molecule has 1 aromatic carbocycles. The number of halogens is 2. The molecule has 100 valence electrons. The van der Waals surface area contributed by atoms with Crippen molar-refractivity contribution in [3.63, 3.8) is 0 Å². The molecule has 18 heavy (non-hydrogen) atoms. The third-order valence-electron chi connectivity index (χ3n) is 3.15. The molecule has 1 fully saturated rings. The fourth-order valence-corrected chi connectivity index (χ4v) is 3.17. The summed E-state index contributed by atoms with van der Waals surface area (Å²) in [6.07, 6.45) is 3.44. The molecule has 1 heterocycles. The highest BCUT2D eigenvalue weighted by atomic mass is 35.5. The van der Waals surface area contributed by atoms with Crippen molar-refractivity contribution in [1.82, 2.24) is 5.32 Å². The molecule has 2 atom stereocenters. The maximum absolute atomic E-state index is 6.16. The van der Waals surface area contributed by atoms with Crippen LogP contribution in [0, 0.1) is 5.92 Å². The summed E-state index contributed by atoms with van der Waals surface area (Å²) < 4.78 is 6.07. The van der Waals surface area contributed by atoms with Crippen molar-refractivity contribution in [2.45, 2.75) is 12.5 Å². The Labute approximate surface area is 122 Å². The van der Waals surface area contributed by atoms with Crippen LogP contribution in [0.1, 0.15) is 6.42 Å². The Bertz CT molecular complexity index is 397. The Balaban J connectivity index is 2.10. The topological polar surface area (TPSA) is 21.3 Å². The van der Waals surface area contributed by atoms with Gasteiger partial charge in [0.1, 0.15) is 16.9 Å². The lowest BCUT2D eigenvalue weighted by molar-refractivity contribution is 0.166. The number of thioether (sulfide) groups is 1. The van der Waals surface area contributed by atoms with Gasteiger partial charge in [0, 0.05) is 18.2 Å². The summed E-state index contributed by atoms with van der Waals surface area (Å²) in [5.74, 6) is 2.21. The van der Waals surface area contributed by atoms with E-state index in [0.717, 1.165) is 25.3 Å². The number of rotatable bonds is 5. The quantitative estimate of drug-likeness (QED) is 0.896. The van der Waals surface area contributed by atoms with Gasteiger partial charge in [0.25, 0.3) is 0 Å². The van der Waals surface area contributed by atoms with Crippen LogP contribution in [0.2, 0.25) is 10.0 Å². The van der Waals surface area contributed by atoms with Crippen LogP contribution in [0.4, 0.5) is 0 Å². The second kappa shape index (κ2) is 6.90. The normalized spacial score (nSPS) is 20.9. The third kappa shape index (κ3) is 3.47. The standard InChI is InChI=1S/C13H17Cl2NOS/c1-18-8-12(9-5-6-16-7-9)17-11-4-2-3-10(14)13(11)15/h2-4,9,12,16H,5-8H2,1H3/t9?,12-/m1/s1. The number of benzene rings is 1. The van der Waals surface area contributed by atoms with Crippen molar-refractivity contribution < 1.29 is 4.74 Å². The van der Waals surface area contributed by atoms with E-state index in [0.29, 0.717) is 21.7 Å². The van der Waals surface area contributed by atoms with Gasteiger partial charge in [-0.2, -0.15) is 11.8 Å². The number of hydrogen-bond acceptors (Lipinski definition) is 3. The average molecular weight is 306 g/mol. The number of ether oxygens (including phenoxy) is 1. The SMILES string of the molecule is CSC[C@@H](Oc1cccc(Cl)c1Cl)C1CCNC1. The van der Waals surface area contributed by atoms with Gasteiger partial charge in [0.15, 0.2) is 0 Å². The minimum Gasteiger partial charge on any atom is -0.488 e. The van der Waals surface area contributed by atoms with E-state index in [4.69, 9.17) is 27.9 Å². The summed E-state index contributed by atoms with van der Waals surface area (Å²) in [6, 6.07) is 5.52. The largest absolute Gasteiger partial charge is 0.488 e. The Hall–Kier alpha value is -0.0900. The van der Waals surface area contributed by atoms with Gasteiger partial charge in [-0.15, -0.1) is 0 Å². The summed E-state index contributed by atoms with van der Waals surface area (Å²) in [5.41, 5.74) is 0. The summed E-state index contributed by atoms with van der Waals surface area (Å²) in [7, 11) is 0. The van der Waals surface area contributed by atoms with Crippen LogP contribution in [-0.2, 0) is 0 Å². The van der Waals surface area contributed by atoms with E-state index in [1.807, 2.05) is 12.1 Å². The molecule has 1 saturated heterocycles. The highest BCUT2D eigenvalue weighted by Crippen LogP contribution is 2.33. The van der Waals surface area contributed by atoms with Gasteiger partial charge in [-0.1, -0.05) is 29.3 Å². The molecule has 1 aromatic rings. The Morgan fingerprint density at radius 3 is 3.00 bits per heavy atom. The van der Waals surface area contributed by atoms with Gasteiger partial charge in [-0.05, 0) is 31.4 Å². The zero-order chi connectivity index (χ0) is 13.0. The first kappa shape index (κ1) is 14.3. The number of hydrogen-bond donors (Lipinski definition) is 1. The van der Waals surface area contributed by atoms with Crippen LogP contribution in [-0.4, -0.2) is 31.2 Å². The first-order valence-electron chi connectivity index (χ1n) is 6.02. The monoisotopic (exact) mass is 305 g/mol. The van der Waals surface area contributed by atoms with Crippen LogP contribution in [0.25, 0.3) is 0 Å². The maximum Gasteiger partial charge on any atom is 0.139 e. The van der Waals surface area contributed by atoms with Crippen LogP contribution in [0.5, 0.6) is 5.75 Å². The average Bonchev–Trinajstić information content (AvgIpc) is 2.88. The van der Waals surface area contributed by atoms with Gasteiger partial charge >= 0.3 is 0 Å². The predicted octanol–water partition coefficient (Wildman–Crippen LogP) is 3.71. The van der Waals surface area contributed by atoms with E-state index in [1.54, 1.807) is 17.8 Å². The van der Waals surface area contributed by atoms with Crippen LogP contribution < -0.4 is 10.1 Å². The lowest BCUT2D eigenvalue weighted by Gasteiger charge is -2.24. The summed E-state index contributed by atoms with van der Waals surface area (Å²) >= 11 is 14.0. The van der Waals surface area contributed by atoms with Crippen molar-refractivity contribution in [1.29, 1.82) is 0 Å². The molecule has 1 N–H and O–H groups in total. The molecule has 5 heteroatoms. The van der Waals surface area contributed by atoms with Gasteiger partial charge in [0.05, 0.1) is 5.02 Å². The zero-order valence-corrected chi connectivity index (χ0v) is 12.6. The molecular formula is C13H17Cl2NOS. The molecule has 1 aliphatic heterocycles. The molecule has 0 radical (unpaired) electrons. The van der Waals surface area contributed by atoms with Crippen molar-refractivity contribution in [2.24, 2.45) is 5.92 Å². The molecule has 2 nitrogen and oxygen atoms in total. The van der Waals surface area contributed by atoms with Gasteiger partial charge in [-0.3, -0.25) is 0 Å². The van der Waals surface area contributed by atoms with Crippen LogP contribution >= 0.6 is 35.0 Å². The van der Waals surface area contributed by atoms with Crippen molar-refractivity contribution >= 4 is 35.0 Å². The lowest BCUT2D eigenvalue weighted by Crippen LogP contribution is -2.31. The van der Waals surface area contributed by atoms with E-state index < -0.39 is 0 Å². The Kier molecular flexibility index (Phi) is 5.49. The first-order chi connectivity index (χ1) is 8.72. The third-order valence-corrected chi connectivity index (χ3v) is 4.61. The van der Waals surface area contributed by atoms with Crippen molar-refractivity contribution in [3.05, 3.63) is 28.2 Å². The molecular weight excluding hydrogens is 289 g/mol. The van der Waals surface area contributed by atoms with E-state index >= 15 is 0 Å². The minimum atomic E-state index is 0.186. The van der Waals surface area contributed by atoms with E-state index in [2.05, 4.69) is 11.6 Å². The van der Waals surface area contributed by atoms with Gasteiger partial charge in [0.2, 0.25) is 0 Å². The highest BCUT2D eigenvalue weighted by molar-refractivity contribution is 7.98. The first-order valence-corrected chi connectivity index (χ1v) is 8.17. The molecule has 0 bridgehead atoms. The summed E-state index contributed by atoms with van der Waals surface area (Å²) in [4.78, 5) is 0. The van der Waals surface area contributed by atoms with Crippen molar-refractivity contribution in [3.8, 4) is 5.75 Å². The Morgan fingerprint density at radius 2 is 2.33 bits per heavy atom. The van der Waals surface area contributed by atoms with E-state index in [-0.39, 0.29) is 6.10 Å². The predicted molar refractivity (Wildman–Crippen MR) is 80.2 cm³/mol. The minimum absolute atomic E-state index is 0.186. The molecule has 1 aliphatic rings. The molecule has 0 saturated carbocycles. The summed E-state index contributed by atoms with van der Waals surface area (Å²) in [6.45, 7) is 2.09. The molecule has 1 unspecified atom stereocenters. The molecule has 2 rings (SSSR count). The second-order valence-electron chi connectivity index (χ2n) is 4.42. The molecule has 0 spiro atoms. The van der Waals surface area contributed by atoms with Crippen LogP contribution in [0.15, 0.2) is 18.2 Å². The highest BCUT2D eigenvalue weighted by Gasteiger charge is 2.26. The molecule has 0 aliphatic carbocycles. The lowest BCUT2D eigenvalue weighted by atomic mass is 10.0. The second-order valence-corrected chi connectivity index (χ2v) is 6.11. The molecule has 0 amide bonds. The van der Waals surface area contributed by atoms with E-state index in [9.17, 15) is 0 Å². The van der Waals surface area contributed by atoms with Gasteiger partial charge < -0.3 is 10.1 Å². The fraction of sp³-hybridized carbons (Fsp3) is 0.538. The van der Waals surface area contributed by atoms with E-state index in [1.165, 1.54) is 0 Å². The van der Waals surface area contributed by atoms with Crippen molar-refractivity contribution in [2.75, 3.05) is 25.1 Å². The van der Waals surface area contributed by atoms with Crippen LogP contribution in [0.3, 0.4) is 0 Å². The zero-order valence-electron chi connectivity index (χ0n) is 10.3.